The SMILES string of the molecule is Cc1cnc(NC(=O)C(C)(C)C)cc1C(C)C. The predicted molar refractivity (Wildman–Crippen MR) is 71.1 cm³/mol. The van der Waals surface area contributed by atoms with Crippen molar-refractivity contribution in [2.75, 3.05) is 5.32 Å². The van der Waals surface area contributed by atoms with Gasteiger partial charge in [-0.3, -0.25) is 4.79 Å². The molecule has 0 aromatic carbocycles. The minimum absolute atomic E-state index is 0.0106. The molecule has 0 spiro atoms. The summed E-state index contributed by atoms with van der Waals surface area (Å²) in [6.45, 7) is 12.0. The summed E-state index contributed by atoms with van der Waals surface area (Å²) in [5.74, 6) is 1.06. The van der Waals surface area contributed by atoms with Crippen LogP contribution in [-0.2, 0) is 4.79 Å². The Morgan fingerprint density at radius 2 is 1.94 bits per heavy atom. The third-order valence-electron chi connectivity index (χ3n) is 2.69. The van der Waals surface area contributed by atoms with Crippen LogP contribution >= 0.6 is 0 Å². The molecule has 1 aromatic rings. The van der Waals surface area contributed by atoms with Gasteiger partial charge in [-0.25, -0.2) is 4.98 Å². The largest absolute Gasteiger partial charge is 0.310 e. The first kappa shape index (κ1) is 13.7. The Labute approximate surface area is 104 Å². The molecule has 3 heteroatoms. The molecule has 0 aliphatic rings. The average molecular weight is 234 g/mol. The minimum atomic E-state index is -0.398. The van der Waals surface area contributed by atoms with Crippen molar-refractivity contribution in [2.24, 2.45) is 5.41 Å². The smallest absolute Gasteiger partial charge is 0.230 e. The lowest BCUT2D eigenvalue weighted by molar-refractivity contribution is -0.123. The van der Waals surface area contributed by atoms with Crippen molar-refractivity contribution in [1.29, 1.82) is 0 Å². The topological polar surface area (TPSA) is 42.0 Å². The first-order valence-corrected chi connectivity index (χ1v) is 6.00. The van der Waals surface area contributed by atoms with Crippen LogP contribution in [0.15, 0.2) is 12.3 Å². The Bertz CT molecular complexity index is 417. The van der Waals surface area contributed by atoms with Crippen molar-refractivity contribution >= 4 is 11.7 Å². The highest BCUT2D eigenvalue weighted by Gasteiger charge is 2.21. The molecule has 0 unspecified atom stereocenters. The molecule has 0 aliphatic carbocycles. The van der Waals surface area contributed by atoms with Crippen LogP contribution in [0.4, 0.5) is 5.82 Å². The van der Waals surface area contributed by atoms with E-state index in [4.69, 9.17) is 0 Å². The number of hydrogen-bond acceptors (Lipinski definition) is 2. The number of rotatable bonds is 2. The van der Waals surface area contributed by atoms with E-state index in [2.05, 4.69) is 24.1 Å². The van der Waals surface area contributed by atoms with Crippen LogP contribution in [-0.4, -0.2) is 10.9 Å². The van der Waals surface area contributed by atoms with Crippen molar-refractivity contribution in [2.45, 2.75) is 47.5 Å². The lowest BCUT2D eigenvalue weighted by Crippen LogP contribution is -2.28. The molecule has 1 N–H and O–H groups in total. The first-order valence-electron chi connectivity index (χ1n) is 6.00. The Morgan fingerprint density at radius 1 is 1.35 bits per heavy atom. The monoisotopic (exact) mass is 234 g/mol. The van der Waals surface area contributed by atoms with E-state index in [0.29, 0.717) is 11.7 Å². The van der Waals surface area contributed by atoms with E-state index in [0.717, 1.165) is 5.56 Å². The molecule has 1 amide bonds. The van der Waals surface area contributed by atoms with Crippen molar-refractivity contribution < 1.29 is 4.79 Å². The molecule has 0 atom stereocenters. The normalized spacial score (nSPS) is 11.7. The van der Waals surface area contributed by atoms with Crippen LogP contribution in [0.3, 0.4) is 0 Å². The quantitative estimate of drug-likeness (QED) is 0.851. The second-order valence-corrected chi connectivity index (χ2v) is 5.78. The highest BCUT2D eigenvalue weighted by molar-refractivity contribution is 5.93. The van der Waals surface area contributed by atoms with Crippen molar-refractivity contribution in [3.05, 3.63) is 23.4 Å². The molecule has 0 fully saturated rings. The Hall–Kier alpha value is -1.38. The number of aryl methyl sites for hydroxylation is 1. The zero-order chi connectivity index (χ0) is 13.2. The lowest BCUT2D eigenvalue weighted by atomic mass is 9.95. The third kappa shape index (κ3) is 3.55. The van der Waals surface area contributed by atoms with E-state index in [1.165, 1.54) is 5.56 Å². The molecule has 94 valence electrons. The first-order chi connectivity index (χ1) is 7.71. The summed E-state index contributed by atoms with van der Waals surface area (Å²) in [4.78, 5) is 16.1. The highest BCUT2D eigenvalue weighted by Crippen LogP contribution is 2.22. The number of aromatic nitrogens is 1. The maximum Gasteiger partial charge on any atom is 0.230 e. The molecule has 0 aliphatic heterocycles. The second-order valence-electron chi connectivity index (χ2n) is 5.78. The summed E-state index contributed by atoms with van der Waals surface area (Å²) in [5, 5.41) is 2.85. The summed E-state index contributed by atoms with van der Waals surface area (Å²) >= 11 is 0. The van der Waals surface area contributed by atoms with Gasteiger partial charge < -0.3 is 5.32 Å². The van der Waals surface area contributed by atoms with Gasteiger partial charge in [0.15, 0.2) is 0 Å². The molecule has 17 heavy (non-hydrogen) atoms. The van der Waals surface area contributed by atoms with Crippen molar-refractivity contribution in [3.8, 4) is 0 Å². The van der Waals surface area contributed by atoms with E-state index in [1.54, 1.807) is 0 Å². The molecule has 0 radical (unpaired) electrons. The fourth-order valence-corrected chi connectivity index (χ4v) is 1.53. The van der Waals surface area contributed by atoms with Gasteiger partial charge in [0, 0.05) is 11.6 Å². The third-order valence-corrected chi connectivity index (χ3v) is 2.69. The minimum Gasteiger partial charge on any atom is -0.310 e. The fourth-order valence-electron chi connectivity index (χ4n) is 1.53. The maximum atomic E-state index is 11.8. The van der Waals surface area contributed by atoms with E-state index < -0.39 is 5.41 Å². The Balaban J connectivity index is 2.94. The lowest BCUT2D eigenvalue weighted by Gasteiger charge is -2.18. The maximum absolute atomic E-state index is 11.8. The summed E-state index contributed by atoms with van der Waals surface area (Å²) in [6.07, 6.45) is 1.81. The van der Waals surface area contributed by atoms with Gasteiger partial charge in [-0.05, 0) is 30.0 Å². The summed E-state index contributed by atoms with van der Waals surface area (Å²) in [6, 6.07) is 1.96. The van der Waals surface area contributed by atoms with Crippen molar-refractivity contribution in [3.63, 3.8) is 0 Å². The molecular formula is C14H22N2O. The molecule has 0 saturated heterocycles. The van der Waals surface area contributed by atoms with Gasteiger partial charge in [-0.2, -0.15) is 0 Å². The van der Waals surface area contributed by atoms with Gasteiger partial charge in [-0.1, -0.05) is 34.6 Å². The van der Waals surface area contributed by atoms with Crippen molar-refractivity contribution in [1.82, 2.24) is 4.98 Å². The molecule has 1 aromatic heterocycles. The molecule has 0 saturated carbocycles. The van der Waals surface area contributed by atoms with Gasteiger partial charge in [0.1, 0.15) is 5.82 Å². The van der Waals surface area contributed by atoms with Gasteiger partial charge >= 0.3 is 0 Å². The van der Waals surface area contributed by atoms with Crippen LogP contribution in [0, 0.1) is 12.3 Å². The Kier molecular flexibility index (Phi) is 3.91. The van der Waals surface area contributed by atoms with Crippen LogP contribution in [0.25, 0.3) is 0 Å². The van der Waals surface area contributed by atoms with E-state index >= 15 is 0 Å². The summed E-state index contributed by atoms with van der Waals surface area (Å²) < 4.78 is 0. The number of nitrogens with zero attached hydrogens (tertiary/aromatic N) is 1. The zero-order valence-corrected chi connectivity index (χ0v) is 11.6. The number of carbonyl (C=O) groups excluding carboxylic acids is 1. The molecular weight excluding hydrogens is 212 g/mol. The molecule has 1 heterocycles. The number of carbonyl (C=O) groups is 1. The van der Waals surface area contributed by atoms with Gasteiger partial charge in [-0.15, -0.1) is 0 Å². The van der Waals surface area contributed by atoms with Crippen LogP contribution < -0.4 is 5.32 Å². The predicted octanol–water partition coefficient (Wildman–Crippen LogP) is 3.50. The van der Waals surface area contributed by atoms with Gasteiger partial charge in [0.25, 0.3) is 0 Å². The number of hydrogen-bond donors (Lipinski definition) is 1. The van der Waals surface area contributed by atoms with Crippen LogP contribution in [0.1, 0.15) is 51.7 Å². The summed E-state index contributed by atoms with van der Waals surface area (Å²) in [7, 11) is 0. The average Bonchev–Trinajstić information content (AvgIpc) is 2.19. The standard InChI is InChI=1S/C14H22N2O/c1-9(2)11-7-12(15-8-10(11)3)16-13(17)14(4,5)6/h7-9H,1-6H3,(H,15,16,17). The molecule has 0 bridgehead atoms. The van der Waals surface area contributed by atoms with Crippen LogP contribution in [0.5, 0.6) is 0 Å². The Morgan fingerprint density at radius 3 is 2.41 bits per heavy atom. The number of anilines is 1. The zero-order valence-electron chi connectivity index (χ0n) is 11.6. The fraction of sp³-hybridized carbons (Fsp3) is 0.571. The van der Waals surface area contributed by atoms with E-state index in [1.807, 2.05) is 40.0 Å². The second kappa shape index (κ2) is 4.86. The van der Waals surface area contributed by atoms with Crippen LogP contribution in [0.2, 0.25) is 0 Å². The number of amides is 1. The number of nitrogens with one attached hydrogen (secondary N) is 1. The molecule has 1 rings (SSSR count). The van der Waals surface area contributed by atoms with Gasteiger partial charge in [0.2, 0.25) is 5.91 Å². The molecule has 3 nitrogen and oxygen atoms in total. The van der Waals surface area contributed by atoms with Gasteiger partial charge in [0.05, 0.1) is 0 Å². The van der Waals surface area contributed by atoms with E-state index in [-0.39, 0.29) is 5.91 Å². The van der Waals surface area contributed by atoms with E-state index in [9.17, 15) is 4.79 Å². The summed E-state index contributed by atoms with van der Waals surface area (Å²) in [5.41, 5.74) is 1.99. The highest BCUT2D eigenvalue weighted by atomic mass is 16.2. The number of pyridine rings is 1.